The van der Waals surface area contributed by atoms with Crippen molar-refractivity contribution in [3.63, 3.8) is 0 Å². The van der Waals surface area contributed by atoms with Gasteiger partial charge in [-0.05, 0) is 36.4 Å². The molecule has 152 valence electrons. The Kier molecular flexibility index (Phi) is 6.29. The summed E-state index contributed by atoms with van der Waals surface area (Å²) in [5.74, 6) is -3.34. The monoisotopic (exact) mass is 440 g/mol. The van der Waals surface area contributed by atoms with Crippen molar-refractivity contribution in [2.45, 2.75) is 23.5 Å². The lowest BCUT2D eigenvalue weighted by Gasteiger charge is -2.10. The van der Waals surface area contributed by atoms with E-state index in [1.54, 1.807) is 24.3 Å². The van der Waals surface area contributed by atoms with E-state index in [0.717, 1.165) is 11.6 Å². The minimum absolute atomic E-state index is 0.0797. The van der Waals surface area contributed by atoms with E-state index in [9.17, 15) is 22.0 Å². The van der Waals surface area contributed by atoms with E-state index in [0.29, 0.717) is 16.7 Å². The summed E-state index contributed by atoms with van der Waals surface area (Å²) in [5.41, 5.74) is 0.566. The van der Waals surface area contributed by atoms with E-state index in [1.165, 1.54) is 24.4 Å². The van der Waals surface area contributed by atoms with Crippen molar-refractivity contribution in [3.05, 3.63) is 65.6 Å². The number of sulfone groups is 1. The number of halogens is 3. The number of carbonyl (C=O) groups is 1. The van der Waals surface area contributed by atoms with Crippen LogP contribution in [0, 0.1) is 0 Å². The van der Waals surface area contributed by atoms with Gasteiger partial charge >= 0.3 is 5.76 Å². The van der Waals surface area contributed by atoms with Crippen molar-refractivity contribution >= 4 is 33.0 Å². The molecule has 0 spiro atoms. The number of para-hydroxylation sites is 1. The minimum Gasteiger partial charge on any atom is -0.441 e. The third kappa shape index (κ3) is 4.99. The molecule has 0 bridgehead atoms. The molecule has 1 heterocycles. The molecule has 0 saturated carbocycles. The van der Waals surface area contributed by atoms with E-state index in [1.807, 2.05) is 0 Å². The number of carbonyl (C=O) groups excluding carboxylic acids is 1. The number of aromatic nitrogens is 1. The number of anilines is 1. The number of nitrogens with zero attached hydrogens (tertiary/aromatic N) is 1. The van der Waals surface area contributed by atoms with Crippen molar-refractivity contribution in [1.82, 2.24) is 4.98 Å². The highest BCUT2D eigenvalue weighted by molar-refractivity contribution is 7.91. The number of oxazole rings is 1. The first kappa shape index (κ1) is 20.9. The number of aryl methyl sites for hydroxylation is 1. The standard InChI is InChI=1S/C19H15ClF2N2O4S/c20-13-7-5-12(6-8-13)15-11-23-18(28-15)10-9-17(25)24-14-3-1-2-4-16(14)29(26,27)19(21)22/h1-8,11,19H,9-10H2,(H,24,25). The number of hydrogen-bond acceptors (Lipinski definition) is 5. The van der Waals surface area contributed by atoms with E-state index in [4.69, 9.17) is 16.0 Å². The number of rotatable bonds is 7. The van der Waals surface area contributed by atoms with Gasteiger partial charge in [0.15, 0.2) is 11.7 Å². The number of alkyl halides is 2. The lowest BCUT2D eigenvalue weighted by molar-refractivity contribution is -0.116. The maximum absolute atomic E-state index is 12.8. The Balaban J connectivity index is 1.65. The summed E-state index contributed by atoms with van der Waals surface area (Å²) in [7, 11) is -4.84. The van der Waals surface area contributed by atoms with Crippen LogP contribution in [0.4, 0.5) is 14.5 Å². The quantitative estimate of drug-likeness (QED) is 0.581. The smallest absolute Gasteiger partial charge is 0.341 e. The molecule has 0 aliphatic heterocycles. The van der Waals surface area contributed by atoms with Crippen LogP contribution in [0.5, 0.6) is 0 Å². The van der Waals surface area contributed by atoms with Gasteiger partial charge in [-0.15, -0.1) is 0 Å². The summed E-state index contributed by atoms with van der Waals surface area (Å²) in [4.78, 5) is 15.6. The first-order chi connectivity index (χ1) is 13.8. The van der Waals surface area contributed by atoms with Gasteiger partial charge in [-0.3, -0.25) is 4.79 Å². The van der Waals surface area contributed by atoms with Gasteiger partial charge in [-0.1, -0.05) is 23.7 Å². The van der Waals surface area contributed by atoms with Crippen LogP contribution in [-0.4, -0.2) is 25.1 Å². The van der Waals surface area contributed by atoms with Gasteiger partial charge in [0.1, 0.15) is 0 Å². The van der Waals surface area contributed by atoms with E-state index >= 15 is 0 Å². The molecule has 1 aromatic heterocycles. The Morgan fingerprint density at radius 1 is 1.14 bits per heavy atom. The second-order valence-electron chi connectivity index (χ2n) is 5.98. The molecule has 0 fully saturated rings. The fourth-order valence-electron chi connectivity index (χ4n) is 2.52. The first-order valence-electron chi connectivity index (χ1n) is 8.39. The van der Waals surface area contributed by atoms with Gasteiger partial charge < -0.3 is 9.73 Å². The van der Waals surface area contributed by atoms with Gasteiger partial charge in [-0.25, -0.2) is 13.4 Å². The lowest BCUT2D eigenvalue weighted by Crippen LogP contribution is -2.18. The largest absolute Gasteiger partial charge is 0.441 e. The molecule has 3 aromatic rings. The van der Waals surface area contributed by atoms with Crippen molar-refractivity contribution in [1.29, 1.82) is 0 Å². The van der Waals surface area contributed by atoms with E-state index in [2.05, 4.69) is 10.3 Å². The van der Waals surface area contributed by atoms with Crippen LogP contribution < -0.4 is 5.32 Å². The molecular weight excluding hydrogens is 426 g/mol. The van der Waals surface area contributed by atoms with Crippen LogP contribution in [0.1, 0.15) is 12.3 Å². The zero-order valence-corrected chi connectivity index (χ0v) is 16.4. The third-order valence-electron chi connectivity index (χ3n) is 3.95. The van der Waals surface area contributed by atoms with Gasteiger partial charge in [-0.2, -0.15) is 8.78 Å². The van der Waals surface area contributed by atoms with Crippen LogP contribution >= 0.6 is 11.6 Å². The summed E-state index contributed by atoms with van der Waals surface area (Å²) in [6.07, 6.45) is 1.58. The molecule has 29 heavy (non-hydrogen) atoms. The average Bonchev–Trinajstić information content (AvgIpc) is 3.16. The van der Waals surface area contributed by atoms with Crippen molar-refractivity contribution in [2.75, 3.05) is 5.32 Å². The molecule has 0 atom stereocenters. The summed E-state index contributed by atoms with van der Waals surface area (Å²) in [6.45, 7) is 0. The molecular formula is C19H15ClF2N2O4S. The van der Waals surface area contributed by atoms with Gasteiger partial charge in [0.25, 0.3) is 0 Å². The molecule has 1 N–H and O–H groups in total. The second-order valence-corrected chi connectivity index (χ2v) is 8.30. The van der Waals surface area contributed by atoms with Gasteiger partial charge in [0.05, 0.1) is 16.8 Å². The molecule has 0 aliphatic carbocycles. The van der Waals surface area contributed by atoms with Crippen molar-refractivity contribution in [2.24, 2.45) is 0 Å². The topological polar surface area (TPSA) is 89.3 Å². The minimum atomic E-state index is -4.84. The molecule has 10 heteroatoms. The van der Waals surface area contributed by atoms with Crippen LogP contribution in [0.3, 0.4) is 0 Å². The van der Waals surface area contributed by atoms with Gasteiger partial charge in [0, 0.05) is 23.4 Å². The predicted octanol–water partition coefficient (Wildman–Crippen LogP) is 4.56. The molecule has 0 saturated heterocycles. The molecule has 2 aromatic carbocycles. The van der Waals surface area contributed by atoms with Crippen LogP contribution in [-0.2, 0) is 21.1 Å². The highest BCUT2D eigenvalue weighted by atomic mass is 35.5. The maximum atomic E-state index is 12.8. The van der Waals surface area contributed by atoms with Gasteiger partial charge in [0.2, 0.25) is 15.7 Å². The summed E-state index contributed by atoms with van der Waals surface area (Å²) in [6, 6.07) is 11.9. The molecule has 0 unspecified atom stereocenters. The zero-order valence-electron chi connectivity index (χ0n) is 14.8. The maximum Gasteiger partial charge on any atom is 0.341 e. The summed E-state index contributed by atoms with van der Waals surface area (Å²) in [5, 5.41) is 2.93. The molecule has 0 aliphatic rings. The van der Waals surface area contributed by atoms with E-state index < -0.39 is 26.4 Å². The SMILES string of the molecule is O=C(CCc1ncc(-c2ccc(Cl)cc2)o1)Nc1ccccc1S(=O)(=O)C(F)F. The number of nitrogens with one attached hydrogen (secondary N) is 1. The Morgan fingerprint density at radius 3 is 2.52 bits per heavy atom. The number of hydrogen-bond donors (Lipinski definition) is 1. The predicted molar refractivity (Wildman–Crippen MR) is 104 cm³/mol. The Hall–Kier alpha value is -2.78. The first-order valence-corrected chi connectivity index (χ1v) is 10.3. The summed E-state index contributed by atoms with van der Waals surface area (Å²) < 4.78 is 54.7. The Morgan fingerprint density at radius 2 is 1.83 bits per heavy atom. The van der Waals surface area contributed by atoms with Crippen molar-refractivity contribution < 1.29 is 26.4 Å². The number of amides is 1. The second kappa shape index (κ2) is 8.71. The molecule has 3 rings (SSSR count). The Labute approximate surface area is 170 Å². The van der Waals surface area contributed by atoms with E-state index in [-0.39, 0.29) is 18.5 Å². The normalized spacial score (nSPS) is 11.6. The highest BCUT2D eigenvalue weighted by Gasteiger charge is 2.29. The molecule has 1 amide bonds. The fraction of sp³-hybridized carbons (Fsp3) is 0.158. The summed E-state index contributed by atoms with van der Waals surface area (Å²) >= 11 is 5.84. The lowest BCUT2D eigenvalue weighted by atomic mass is 10.2. The highest BCUT2D eigenvalue weighted by Crippen LogP contribution is 2.26. The van der Waals surface area contributed by atoms with Crippen LogP contribution in [0.15, 0.2) is 64.0 Å². The fourth-order valence-corrected chi connectivity index (χ4v) is 3.53. The third-order valence-corrected chi connectivity index (χ3v) is 5.64. The van der Waals surface area contributed by atoms with Crippen LogP contribution in [0.25, 0.3) is 11.3 Å². The number of benzene rings is 2. The van der Waals surface area contributed by atoms with Crippen LogP contribution in [0.2, 0.25) is 5.02 Å². The zero-order chi connectivity index (χ0) is 21.0. The molecule has 6 nitrogen and oxygen atoms in total. The molecule has 0 radical (unpaired) electrons. The van der Waals surface area contributed by atoms with Crippen molar-refractivity contribution in [3.8, 4) is 11.3 Å². The Bertz CT molecular complexity index is 1120. The average molecular weight is 441 g/mol.